The quantitative estimate of drug-likeness (QED) is 0.736. The molecule has 0 aromatic carbocycles. The minimum Gasteiger partial charge on any atom is -0.351 e. The highest BCUT2D eigenvalue weighted by Crippen LogP contribution is 2.14. The van der Waals surface area contributed by atoms with Crippen LogP contribution in [0.1, 0.15) is 28.7 Å². The molecule has 0 atom stereocenters. The molecule has 0 aliphatic heterocycles. The first-order chi connectivity index (χ1) is 9.27. The van der Waals surface area contributed by atoms with Gasteiger partial charge in [-0.05, 0) is 26.5 Å². The van der Waals surface area contributed by atoms with Crippen LogP contribution in [0.3, 0.4) is 0 Å². The molecular weight excluding hydrogens is 254 g/mol. The third kappa shape index (κ3) is 3.70. The smallest absolute Gasteiger partial charge is 0.236 e. The predicted molar refractivity (Wildman–Crippen MR) is 80.0 cm³/mol. The van der Waals surface area contributed by atoms with Crippen LogP contribution in [-0.4, -0.2) is 59.8 Å². The third-order valence-corrected chi connectivity index (χ3v) is 3.75. The first kappa shape index (κ1) is 16.4. The number of carbonyl (C=O) groups is 2. The highest BCUT2D eigenvalue weighted by Gasteiger charge is 2.18. The van der Waals surface area contributed by atoms with E-state index in [0.717, 1.165) is 17.0 Å². The lowest BCUT2D eigenvalue weighted by Gasteiger charge is -2.21. The number of hydrogen-bond donors (Lipinski definition) is 0. The van der Waals surface area contributed by atoms with E-state index in [1.165, 1.54) is 0 Å². The van der Waals surface area contributed by atoms with Gasteiger partial charge in [0.1, 0.15) is 0 Å². The van der Waals surface area contributed by atoms with Crippen molar-refractivity contribution in [3.05, 3.63) is 23.0 Å². The largest absolute Gasteiger partial charge is 0.351 e. The Hall–Kier alpha value is -1.62. The molecule has 112 valence electrons. The van der Waals surface area contributed by atoms with E-state index in [2.05, 4.69) is 0 Å². The van der Waals surface area contributed by atoms with Crippen molar-refractivity contribution in [1.29, 1.82) is 0 Å². The number of ketones is 1. The van der Waals surface area contributed by atoms with Crippen molar-refractivity contribution in [2.45, 2.75) is 20.8 Å². The fourth-order valence-corrected chi connectivity index (χ4v) is 2.04. The number of nitrogens with zero attached hydrogens (tertiary/aromatic N) is 3. The van der Waals surface area contributed by atoms with Gasteiger partial charge in [-0.2, -0.15) is 0 Å². The number of aromatic nitrogens is 1. The lowest BCUT2D eigenvalue weighted by Crippen LogP contribution is -2.39. The zero-order valence-electron chi connectivity index (χ0n) is 13.4. The molecular formula is C15H25N3O2. The van der Waals surface area contributed by atoms with Crippen molar-refractivity contribution in [1.82, 2.24) is 14.4 Å². The number of hydrogen-bond acceptors (Lipinski definition) is 3. The lowest BCUT2D eigenvalue weighted by atomic mass is 10.1. The summed E-state index contributed by atoms with van der Waals surface area (Å²) in [5, 5.41) is 0. The maximum atomic E-state index is 12.4. The average molecular weight is 279 g/mol. The molecule has 0 spiro atoms. The van der Waals surface area contributed by atoms with Gasteiger partial charge in [0.2, 0.25) is 5.91 Å². The van der Waals surface area contributed by atoms with E-state index in [-0.39, 0.29) is 24.8 Å². The predicted octanol–water partition coefficient (Wildman–Crippen LogP) is 1.23. The van der Waals surface area contributed by atoms with Crippen LogP contribution in [0.2, 0.25) is 0 Å². The van der Waals surface area contributed by atoms with E-state index >= 15 is 0 Å². The fourth-order valence-electron chi connectivity index (χ4n) is 2.04. The molecule has 1 aromatic heterocycles. The summed E-state index contributed by atoms with van der Waals surface area (Å²) in [6, 6.07) is 1.92. The van der Waals surface area contributed by atoms with Gasteiger partial charge in [0.05, 0.1) is 13.1 Å². The molecule has 0 saturated heterocycles. The monoisotopic (exact) mass is 279 g/mol. The molecule has 0 fully saturated rings. The third-order valence-electron chi connectivity index (χ3n) is 3.75. The molecule has 1 amide bonds. The molecule has 20 heavy (non-hydrogen) atoms. The summed E-state index contributed by atoms with van der Waals surface area (Å²) in [5.41, 5.74) is 2.79. The van der Waals surface area contributed by atoms with Crippen molar-refractivity contribution in [2.75, 3.05) is 33.7 Å². The molecule has 0 saturated carbocycles. The average Bonchev–Trinajstić information content (AvgIpc) is 2.65. The summed E-state index contributed by atoms with van der Waals surface area (Å²) in [4.78, 5) is 27.5. The maximum Gasteiger partial charge on any atom is 0.236 e. The summed E-state index contributed by atoms with van der Waals surface area (Å²) < 4.78 is 2.01. The summed E-state index contributed by atoms with van der Waals surface area (Å²) in [5.74, 6) is 0.0835. The Labute approximate surface area is 121 Å². The van der Waals surface area contributed by atoms with Gasteiger partial charge in [-0.25, -0.2) is 0 Å². The van der Waals surface area contributed by atoms with E-state index in [1.807, 2.05) is 43.4 Å². The summed E-state index contributed by atoms with van der Waals surface area (Å²) >= 11 is 0. The van der Waals surface area contributed by atoms with Gasteiger partial charge >= 0.3 is 0 Å². The molecule has 1 aromatic rings. The Morgan fingerprint density at radius 2 is 1.80 bits per heavy atom. The minimum atomic E-state index is 0.0145. The van der Waals surface area contributed by atoms with Crippen LogP contribution in [0.15, 0.2) is 6.07 Å². The highest BCUT2D eigenvalue weighted by atomic mass is 16.2. The van der Waals surface area contributed by atoms with Gasteiger partial charge in [0.25, 0.3) is 0 Å². The van der Waals surface area contributed by atoms with E-state index in [9.17, 15) is 9.59 Å². The highest BCUT2D eigenvalue weighted by molar-refractivity contribution is 5.99. The van der Waals surface area contributed by atoms with Gasteiger partial charge in [0.15, 0.2) is 5.78 Å². The summed E-state index contributed by atoms with van der Waals surface area (Å²) in [6.45, 7) is 7.12. The van der Waals surface area contributed by atoms with Crippen molar-refractivity contribution in [3.8, 4) is 0 Å². The fraction of sp³-hybridized carbons (Fsp3) is 0.600. The van der Waals surface area contributed by atoms with Gasteiger partial charge < -0.3 is 9.47 Å². The minimum absolute atomic E-state index is 0.0145. The SMILES string of the molecule is CCN(CC(=O)c1cc(C)n(C)c1C)CC(=O)N(C)C. The van der Waals surface area contributed by atoms with Gasteiger partial charge in [-0.15, -0.1) is 0 Å². The zero-order chi connectivity index (χ0) is 15.4. The number of amides is 1. The van der Waals surface area contributed by atoms with Gasteiger partial charge in [0, 0.05) is 38.1 Å². The Balaban J connectivity index is 2.77. The van der Waals surface area contributed by atoms with Crippen molar-refractivity contribution in [3.63, 3.8) is 0 Å². The molecule has 0 unspecified atom stereocenters. The zero-order valence-corrected chi connectivity index (χ0v) is 13.4. The van der Waals surface area contributed by atoms with E-state index < -0.39 is 0 Å². The number of aryl methyl sites for hydroxylation is 1. The summed E-state index contributed by atoms with van der Waals surface area (Å²) in [7, 11) is 5.40. The Bertz CT molecular complexity index is 503. The van der Waals surface area contributed by atoms with Crippen LogP contribution >= 0.6 is 0 Å². The summed E-state index contributed by atoms with van der Waals surface area (Å²) in [6.07, 6.45) is 0. The Morgan fingerprint density at radius 3 is 2.20 bits per heavy atom. The molecule has 1 rings (SSSR count). The van der Waals surface area contributed by atoms with Crippen LogP contribution in [0.4, 0.5) is 0 Å². The first-order valence-corrected chi connectivity index (χ1v) is 6.86. The number of likely N-dealkylation sites (N-methyl/N-ethyl adjacent to an activating group) is 2. The number of Topliss-reactive ketones (excluding diaryl/α,β-unsaturated/α-hetero) is 1. The number of rotatable bonds is 6. The molecule has 5 heteroatoms. The van der Waals surface area contributed by atoms with Gasteiger partial charge in [-0.1, -0.05) is 6.92 Å². The van der Waals surface area contributed by atoms with Crippen LogP contribution in [0.5, 0.6) is 0 Å². The van der Waals surface area contributed by atoms with Crippen molar-refractivity contribution in [2.24, 2.45) is 7.05 Å². The molecule has 0 aliphatic carbocycles. The van der Waals surface area contributed by atoms with E-state index in [0.29, 0.717) is 6.54 Å². The van der Waals surface area contributed by atoms with Crippen molar-refractivity contribution < 1.29 is 9.59 Å². The van der Waals surface area contributed by atoms with Gasteiger partial charge in [-0.3, -0.25) is 14.5 Å². The second-order valence-electron chi connectivity index (χ2n) is 5.36. The van der Waals surface area contributed by atoms with Crippen LogP contribution in [0.25, 0.3) is 0 Å². The number of carbonyl (C=O) groups excluding carboxylic acids is 2. The first-order valence-electron chi connectivity index (χ1n) is 6.86. The van der Waals surface area contributed by atoms with Crippen LogP contribution < -0.4 is 0 Å². The molecule has 5 nitrogen and oxygen atoms in total. The Kier molecular flexibility index (Phi) is 5.51. The standard InChI is InChI=1S/C15H25N3O2/c1-7-18(10-15(20)16(4)5)9-14(19)13-8-11(2)17(6)12(13)3/h8H,7,9-10H2,1-6H3. The second kappa shape index (κ2) is 6.70. The van der Waals surface area contributed by atoms with Crippen LogP contribution in [0, 0.1) is 13.8 Å². The van der Waals surface area contributed by atoms with E-state index in [1.54, 1.807) is 19.0 Å². The van der Waals surface area contributed by atoms with Crippen LogP contribution in [-0.2, 0) is 11.8 Å². The maximum absolute atomic E-state index is 12.4. The normalized spacial score (nSPS) is 10.9. The molecule has 0 N–H and O–H groups in total. The second-order valence-corrected chi connectivity index (χ2v) is 5.36. The van der Waals surface area contributed by atoms with Crippen molar-refractivity contribution >= 4 is 11.7 Å². The molecule has 0 radical (unpaired) electrons. The molecule has 0 aliphatic rings. The topological polar surface area (TPSA) is 45.6 Å². The molecule has 0 bridgehead atoms. The lowest BCUT2D eigenvalue weighted by molar-refractivity contribution is -0.129. The Morgan fingerprint density at radius 1 is 1.20 bits per heavy atom. The van der Waals surface area contributed by atoms with E-state index in [4.69, 9.17) is 0 Å². The molecule has 1 heterocycles.